The van der Waals surface area contributed by atoms with Crippen LogP contribution in [0.3, 0.4) is 0 Å². The van der Waals surface area contributed by atoms with Crippen LogP contribution in [0.15, 0.2) is 53.0 Å². The largest absolute Gasteiger partial charge is 0.491 e. The summed E-state index contributed by atoms with van der Waals surface area (Å²) >= 11 is 3.41. The lowest BCUT2D eigenvalue weighted by molar-refractivity contribution is -0.122. The van der Waals surface area contributed by atoms with Crippen molar-refractivity contribution in [3.8, 4) is 5.75 Å². The number of amides is 2. The van der Waals surface area contributed by atoms with E-state index >= 15 is 0 Å². The molecule has 0 aromatic heterocycles. The molecule has 6 heteroatoms. The van der Waals surface area contributed by atoms with Crippen molar-refractivity contribution in [3.63, 3.8) is 0 Å². The van der Waals surface area contributed by atoms with E-state index in [1.807, 2.05) is 62.4 Å². The molecule has 0 aliphatic carbocycles. The number of hydrogen-bond donors (Lipinski definition) is 1. The van der Waals surface area contributed by atoms with Crippen LogP contribution in [-0.2, 0) is 9.59 Å². The number of rotatable bonds is 5. The van der Waals surface area contributed by atoms with Crippen LogP contribution in [0, 0.1) is 5.92 Å². The Bertz CT molecular complexity index is 805. The Balaban J connectivity index is 1.66. The molecule has 1 saturated heterocycles. The van der Waals surface area contributed by atoms with E-state index < -0.39 is 0 Å². The summed E-state index contributed by atoms with van der Waals surface area (Å²) in [5, 5.41) is 2.89. The molecule has 0 unspecified atom stereocenters. The maximum atomic E-state index is 12.5. The van der Waals surface area contributed by atoms with Gasteiger partial charge in [0.05, 0.1) is 17.7 Å². The highest BCUT2D eigenvalue weighted by Gasteiger charge is 2.35. The SMILES string of the molecule is CC(C)Oc1ccc(N2C[C@H](C(=O)Nc3ccccc3Br)CC2=O)cc1. The Hall–Kier alpha value is -2.34. The minimum absolute atomic E-state index is 0.0465. The number of carbonyl (C=O) groups is 2. The standard InChI is InChI=1S/C20H21BrN2O3/c1-13(2)26-16-9-7-15(8-10-16)23-12-14(11-19(23)24)20(25)22-18-6-4-3-5-17(18)21/h3-10,13-14H,11-12H2,1-2H3,(H,22,25)/t14-/m1/s1. The molecule has 1 N–H and O–H groups in total. The van der Waals surface area contributed by atoms with Gasteiger partial charge in [0, 0.05) is 23.1 Å². The summed E-state index contributed by atoms with van der Waals surface area (Å²) in [6, 6.07) is 14.8. The lowest BCUT2D eigenvalue weighted by Gasteiger charge is -2.18. The molecule has 136 valence electrons. The molecular formula is C20H21BrN2O3. The number of halogens is 1. The minimum Gasteiger partial charge on any atom is -0.491 e. The molecule has 1 aliphatic heterocycles. The van der Waals surface area contributed by atoms with Crippen molar-refractivity contribution in [2.24, 2.45) is 5.92 Å². The zero-order valence-corrected chi connectivity index (χ0v) is 16.3. The predicted molar refractivity (Wildman–Crippen MR) is 105 cm³/mol. The number of nitrogens with one attached hydrogen (secondary N) is 1. The lowest BCUT2D eigenvalue weighted by Crippen LogP contribution is -2.28. The second-order valence-electron chi connectivity index (χ2n) is 6.53. The van der Waals surface area contributed by atoms with Gasteiger partial charge in [-0.2, -0.15) is 0 Å². The molecule has 1 heterocycles. The van der Waals surface area contributed by atoms with E-state index in [1.54, 1.807) is 4.90 Å². The second kappa shape index (κ2) is 7.91. The first-order valence-corrected chi connectivity index (χ1v) is 9.36. The molecule has 5 nitrogen and oxygen atoms in total. The number of anilines is 2. The molecule has 2 amide bonds. The van der Waals surface area contributed by atoms with Gasteiger partial charge in [-0.15, -0.1) is 0 Å². The predicted octanol–water partition coefficient (Wildman–Crippen LogP) is 4.23. The summed E-state index contributed by atoms with van der Waals surface area (Å²) in [4.78, 5) is 26.6. The average molecular weight is 417 g/mol. The molecule has 2 aromatic rings. The molecular weight excluding hydrogens is 396 g/mol. The maximum absolute atomic E-state index is 12.5. The first-order valence-electron chi connectivity index (χ1n) is 8.56. The van der Waals surface area contributed by atoms with E-state index in [2.05, 4.69) is 21.2 Å². The number of nitrogens with zero attached hydrogens (tertiary/aromatic N) is 1. The number of benzene rings is 2. The molecule has 0 radical (unpaired) electrons. The van der Waals surface area contributed by atoms with Gasteiger partial charge in [0.15, 0.2) is 0 Å². The van der Waals surface area contributed by atoms with Gasteiger partial charge in [-0.1, -0.05) is 12.1 Å². The molecule has 1 fully saturated rings. The molecule has 1 atom stereocenters. The topological polar surface area (TPSA) is 58.6 Å². The highest BCUT2D eigenvalue weighted by molar-refractivity contribution is 9.10. The van der Waals surface area contributed by atoms with Crippen LogP contribution in [0.5, 0.6) is 5.75 Å². The second-order valence-corrected chi connectivity index (χ2v) is 7.39. The van der Waals surface area contributed by atoms with Crippen LogP contribution in [0.2, 0.25) is 0 Å². The Morgan fingerprint density at radius 3 is 2.54 bits per heavy atom. The quantitative estimate of drug-likeness (QED) is 0.793. The van der Waals surface area contributed by atoms with E-state index in [4.69, 9.17) is 4.74 Å². The summed E-state index contributed by atoms with van der Waals surface area (Å²) in [7, 11) is 0. The fraction of sp³-hybridized carbons (Fsp3) is 0.300. The van der Waals surface area contributed by atoms with Crippen molar-refractivity contribution in [2.75, 3.05) is 16.8 Å². The smallest absolute Gasteiger partial charge is 0.229 e. The van der Waals surface area contributed by atoms with Crippen LogP contribution in [0.25, 0.3) is 0 Å². The monoisotopic (exact) mass is 416 g/mol. The first kappa shape index (κ1) is 18.5. The van der Waals surface area contributed by atoms with Gasteiger partial charge < -0.3 is 15.0 Å². The van der Waals surface area contributed by atoms with E-state index in [9.17, 15) is 9.59 Å². The van der Waals surface area contributed by atoms with Crippen LogP contribution < -0.4 is 15.0 Å². The summed E-state index contributed by atoms with van der Waals surface area (Å²) in [6.45, 7) is 4.30. The average Bonchev–Trinajstić information content (AvgIpc) is 2.99. The number of hydrogen-bond acceptors (Lipinski definition) is 3. The van der Waals surface area contributed by atoms with Gasteiger partial charge in [0.1, 0.15) is 5.75 Å². The number of ether oxygens (including phenoxy) is 1. The zero-order chi connectivity index (χ0) is 18.7. The molecule has 0 spiro atoms. The van der Waals surface area contributed by atoms with E-state index in [1.165, 1.54) is 0 Å². The Kier molecular flexibility index (Phi) is 5.61. The molecule has 3 rings (SSSR count). The minimum atomic E-state index is -0.374. The normalized spacial score (nSPS) is 16.8. The zero-order valence-electron chi connectivity index (χ0n) is 14.7. The molecule has 0 saturated carbocycles. The van der Waals surface area contributed by atoms with Gasteiger partial charge in [-0.05, 0) is 66.2 Å². The van der Waals surface area contributed by atoms with Crippen LogP contribution in [0.4, 0.5) is 11.4 Å². The maximum Gasteiger partial charge on any atom is 0.229 e. The van der Waals surface area contributed by atoms with Gasteiger partial charge in [-0.25, -0.2) is 0 Å². The highest BCUT2D eigenvalue weighted by atomic mass is 79.9. The van der Waals surface area contributed by atoms with Crippen molar-refractivity contribution >= 4 is 39.1 Å². The summed E-state index contributed by atoms with van der Waals surface area (Å²) in [6.07, 6.45) is 0.306. The lowest BCUT2D eigenvalue weighted by atomic mass is 10.1. The Morgan fingerprint density at radius 2 is 1.88 bits per heavy atom. The van der Waals surface area contributed by atoms with Crippen molar-refractivity contribution in [2.45, 2.75) is 26.4 Å². The van der Waals surface area contributed by atoms with Gasteiger partial charge in [0.2, 0.25) is 11.8 Å². The molecule has 26 heavy (non-hydrogen) atoms. The summed E-state index contributed by atoms with van der Waals surface area (Å²) in [5.41, 5.74) is 1.49. The van der Waals surface area contributed by atoms with E-state index in [0.29, 0.717) is 12.2 Å². The molecule has 1 aliphatic rings. The molecule has 0 bridgehead atoms. The van der Waals surface area contributed by atoms with Gasteiger partial charge in [-0.3, -0.25) is 9.59 Å². The third-order valence-corrected chi connectivity index (χ3v) is 4.84. The van der Waals surface area contributed by atoms with Crippen molar-refractivity contribution in [1.82, 2.24) is 0 Å². The fourth-order valence-corrected chi connectivity index (χ4v) is 3.29. The van der Waals surface area contributed by atoms with Crippen molar-refractivity contribution in [3.05, 3.63) is 53.0 Å². The Morgan fingerprint density at radius 1 is 1.19 bits per heavy atom. The number of para-hydroxylation sites is 1. The van der Waals surface area contributed by atoms with Gasteiger partial charge >= 0.3 is 0 Å². The van der Waals surface area contributed by atoms with Crippen LogP contribution in [0.1, 0.15) is 20.3 Å². The van der Waals surface area contributed by atoms with Gasteiger partial charge in [0.25, 0.3) is 0 Å². The van der Waals surface area contributed by atoms with E-state index in [-0.39, 0.29) is 30.3 Å². The van der Waals surface area contributed by atoms with Crippen molar-refractivity contribution in [1.29, 1.82) is 0 Å². The van der Waals surface area contributed by atoms with Crippen LogP contribution in [-0.4, -0.2) is 24.5 Å². The third-order valence-electron chi connectivity index (χ3n) is 4.15. The van der Waals surface area contributed by atoms with Crippen molar-refractivity contribution < 1.29 is 14.3 Å². The summed E-state index contributed by atoms with van der Waals surface area (Å²) < 4.78 is 6.44. The third kappa shape index (κ3) is 4.25. The van der Waals surface area contributed by atoms with Crippen LogP contribution >= 0.6 is 15.9 Å². The fourth-order valence-electron chi connectivity index (χ4n) is 2.91. The number of carbonyl (C=O) groups excluding carboxylic acids is 2. The van der Waals surface area contributed by atoms with E-state index in [0.717, 1.165) is 15.9 Å². The molecule has 2 aromatic carbocycles. The highest BCUT2D eigenvalue weighted by Crippen LogP contribution is 2.29. The summed E-state index contributed by atoms with van der Waals surface area (Å²) in [5.74, 6) is 0.196. The first-order chi connectivity index (χ1) is 12.4. The Labute approximate surface area is 161 Å².